The average Bonchev–Trinajstić information content (AvgIpc) is 3.18. The van der Waals surface area contributed by atoms with E-state index < -0.39 is 5.60 Å². The number of pyridine rings is 1. The lowest BCUT2D eigenvalue weighted by Crippen LogP contribution is -2.53. The Labute approximate surface area is 243 Å². The zero-order valence-corrected chi connectivity index (χ0v) is 24.5. The van der Waals surface area contributed by atoms with E-state index in [0.29, 0.717) is 53.9 Å². The number of aromatic nitrogens is 5. The van der Waals surface area contributed by atoms with Gasteiger partial charge in [0.1, 0.15) is 5.39 Å². The number of fused-ring (bicyclic) bond motifs is 6. The van der Waals surface area contributed by atoms with E-state index in [4.69, 9.17) is 14.7 Å². The molecule has 0 fully saturated rings. The summed E-state index contributed by atoms with van der Waals surface area (Å²) in [4.78, 5) is 45.0. The molecule has 3 aromatic heterocycles. The summed E-state index contributed by atoms with van der Waals surface area (Å²) in [6, 6.07) is 9.97. The van der Waals surface area contributed by atoms with Gasteiger partial charge in [0.25, 0.3) is 11.5 Å². The normalized spacial score (nSPS) is 19.1. The summed E-state index contributed by atoms with van der Waals surface area (Å²) in [6.45, 7) is 10.7. The first-order valence-electron chi connectivity index (χ1n) is 14.3. The summed E-state index contributed by atoms with van der Waals surface area (Å²) in [5.41, 5.74) is 2.75. The molecule has 0 atom stereocenters. The number of anilines is 3. The number of carbonyl (C=O) groups excluding carboxylic acids is 1. The lowest BCUT2D eigenvalue weighted by Gasteiger charge is -2.38. The van der Waals surface area contributed by atoms with Gasteiger partial charge in [-0.1, -0.05) is 32.1 Å². The van der Waals surface area contributed by atoms with Crippen molar-refractivity contribution in [1.29, 1.82) is 0 Å². The van der Waals surface area contributed by atoms with Crippen LogP contribution in [0, 0.1) is 0 Å². The Morgan fingerprint density at radius 1 is 1.02 bits per heavy atom. The van der Waals surface area contributed by atoms with E-state index in [-0.39, 0.29) is 16.9 Å². The van der Waals surface area contributed by atoms with Gasteiger partial charge in [0.2, 0.25) is 5.95 Å². The molecule has 3 aliphatic rings. The highest BCUT2D eigenvalue weighted by Gasteiger charge is 2.42. The number of allylic oxidation sites excluding steroid dienone is 1. The second-order valence-electron chi connectivity index (χ2n) is 12.5. The van der Waals surface area contributed by atoms with Gasteiger partial charge in [0.15, 0.2) is 28.6 Å². The van der Waals surface area contributed by atoms with Crippen molar-refractivity contribution in [2.45, 2.75) is 58.2 Å². The zero-order valence-electron chi connectivity index (χ0n) is 24.5. The molecule has 0 saturated heterocycles. The molecule has 0 unspecified atom stereocenters. The van der Waals surface area contributed by atoms with Crippen LogP contribution in [0.3, 0.4) is 0 Å². The average molecular weight is 567 g/mol. The van der Waals surface area contributed by atoms with Crippen molar-refractivity contribution in [1.82, 2.24) is 29.2 Å². The van der Waals surface area contributed by atoms with Crippen molar-refractivity contribution in [3.63, 3.8) is 0 Å². The van der Waals surface area contributed by atoms with Gasteiger partial charge >= 0.3 is 0 Å². The number of ether oxygens (including phenoxy) is 1. The Kier molecular flexibility index (Phi) is 5.81. The molecule has 0 saturated carbocycles. The first kappa shape index (κ1) is 26.4. The van der Waals surface area contributed by atoms with Crippen LogP contribution < -0.4 is 20.5 Å². The van der Waals surface area contributed by atoms with E-state index in [1.165, 1.54) is 11.1 Å². The number of carbonyl (C=O) groups is 1. The van der Waals surface area contributed by atoms with Crippen molar-refractivity contribution in [3.05, 3.63) is 70.2 Å². The molecule has 11 nitrogen and oxygen atoms in total. The smallest absolute Gasteiger partial charge is 0.278 e. The molecule has 2 bridgehead atoms. The standard InChI is InChI=1S/C31H34N8O3/c1-30(2)18-36(5)17-19-15-20(9-10-22(19)30)33-29-32-16-21-25(35-29)39-24-12-11-23-26(34-24)37(28(41)31(3,4)42-23)13-7-6-8-14-38(39)27(21)40/h6,8-12,15-16H,7,13-14,17-18H2,1-5H3,(H,32,33,35). The molecular weight excluding hydrogens is 532 g/mol. The molecule has 1 amide bonds. The Balaban J connectivity index is 1.34. The second-order valence-corrected chi connectivity index (χ2v) is 12.5. The predicted molar refractivity (Wildman–Crippen MR) is 161 cm³/mol. The van der Waals surface area contributed by atoms with Crippen LogP contribution in [0.15, 0.2) is 53.5 Å². The Morgan fingerprint density at radius 2 is 1.86 bits per heavy atom. The van der Waals surface area contributed by atoms with Gasteiger partial charge in [-0.2, -0.15) is 4.98 Å². The van der Waals surface area contributed by atoms with E-state index in [9.17, 15) is 9.59 Å². The van der Waals surface area contributed by atoms with Crippen LogP contribution in [0.1, 0.15) is 45.2 Å². The molecule has 3 aliphatic heterocycles. The maximum Gasteiger partial charge on any atom is 0.278 e. The molecule has 11 heteroatoms. The summed E-state index contributed by atoms with van der Waals surface area (Å²) in [5, 5.41) is 3.73. The first-order valence-corrected chi connectivity index (χ1v) is 14.3. The van der Waals surface area contributed by atoms with Crippen LogP contribution in [-0.2, 0) is 23.3 Å². The van der Waals surface area contributed by atoms with Gasteiger partial charge in [-0.3, -0.25) is 14.5 Å². The minimum absolute atomic E-state index is 0.0635. The summed E-state index contributed by atoms with van der Waals surface area (Å²) in [7, 11) is 2.14. The van der Waals surface area contributed by atoms with Gasteiger partial charge in [-0.15, -0.1) is 0 Å². The molecule has 4 aromatic rings. The minimum Gasteiger partial charge on any atom is -0.474 e. The number of nitrogens with one attached hydrogen (secondary N) is 1. The monoisotopic (exact) mass is 566 g/mol. The third kappa shape index (κ3) is 4.18. The van der Waals surface area contributed by atoms with Crippen LogP contribution in [0.25, 0.3) is 16.9 Å². The first-order chi connectivity index (χ1) is 20.0. The molecule has 0 radical (unpaired) electrons. The topological polar surface area (TPSA) is 110 Å². The molecule has 216 valence electrons. The van der Waals surface area contributed by atoms with Gasteiger partial charge in [0.05, 0.1) is 6.54 Å². The van der Waals surface area contributed by atoms with E-state index in [2.05, 4.69) is 54.3 Å². The van der Waals surface area contributed by atoms with Crippen molar-refractivity contribution < 1.29 is 9.53 Å². The number of benzene rings is 1. The summed E-state index contributed by atoms with van der Waals surface area (Å²) < 4.78 is 9.32. The highest BCUT2D eigenvalue weighted by atomic mass is 16.5. The van der Waals surface area contributed by atoms with E-state index >= 15 is 0 Å². The van der Waals surface area contributed by atoms with E-state index in [0.717, 1.165) is 18.8 Å². The Bertz CT molecular complexity index is 1850. The minimum atomic E-state index is -1.00. The molecule has 6 heterocycles. The number of hydrogen-bond donors (Lipinski definition) is 1. The number of amides is 1. The van der Waals surface area contributed by atoms with Crippen LogP contribution in [0.4, 0.5) is 17.5 Å². The second kappa shape index (κ2) is 9.25. The fourth-order valence-corrected chi connectivity index (χ4v) is 6.44. The van der Waals surface area contributed by atoms with E-state index in [1.54, 1.807) is 46.4 Å². The quantitative estimate of drug-likeness (QED) is 0.364. The highest BCUT2D eigenvalue weighted by molar-refractivity contribution is 6.01. The fraction of sp³-hybridized carbons (Fsp3) is 0.387. The number of rotatable bonds is 2. The SMILES string of the molecule is CN1Cc2cc(Nc3ncc4c(=O)n5n(c4n3)-c3ccc4c(n3)N(CCC=CC5)C(=O)C(C)(C)O4)ccc2C(C)(C)C1. The maximum atomic E-state index is 13.6. The fourth-order valence-electron chi connectivity index (χ4n) is 6.44. The van der Waals surface area contributed by atoms with Crippen LogP contribution >= 0.6 is 0 Å². The molecule has 0 spiro atoms. The molecule has 1 aromatic carbocycles. The van der Waals surface area contributed by atoms with Crippen molar-refractivity contribution in [2.24, 2.45) is 0 Å². The van der Waals surface area contributed by atoms with Gasteiger partial charge in [-0.25, -0.2) is 19.3 Å². The van der Waals surface area contributed by atoms with Gasteiger partial charge in [-0.05, 0) is 62.7 Å². The maximum absolute atomic E-state index is 13.6. The highest BCUT2D eigenvalue weighted by Crippen LogP contribution is 2.38. The lowest BCUT2D eigenvalue weighted by molar-refractivity contribution is -0.132. The van der Waals surface area contributed by atoms with Crippen molar-refractivity contribution in [3.8, 4) is 11.6 Å². The van der Waals surface area contributed by atoms with Crippen molar-refractivity contribution >= 4 is 34.4 Å². The Morgan fingerprint density at radius 3 is 2.69 bits per heavy atom. The molecule has 0 aliphatic carbocycles. The predicted octanol–water partition coefficient (Wildman–Crippen LogP) is 3.91. The largest absolute Gasteiger partial charge is 0.474 e. The number of likely N-dealkylation sites (N-methyl/N-ethyl adjacent to an activating group) is 1. The number of hydrogen-bond acceptors (Lipinski definition) is 8. The zero-order chi connectivity index (χ0) is 29.4. The molecular formula is C31H34N8O3. The van der Waals surface area contributed by atoms with Crippen LogP contribution in [0.2, 0.25) is 0 Å². The number of nitrogens with zero attached hydrogens (tertiary/aromatic N) is 7. The van der Waals surface area contributed by atoms with Crippen LogP contribution in [-0.4, -0.2) is 60.9 Å². The Hall–Kier alpha value is -4.51. The summed E-state index contributed by atoms with van der Waals surface area (Å²) in [6.07, 6.45) is 6.08. The third-order valence-electron chi connectivity index (χ3n) is 8.26. The van der Waals surface area contributed by atoms with E-state index in [1.807, 2.05) is 12.2 Å². The molecule has 42 heavy (non-hydrogen) atoms. The molecule has 7 rings (SSSR count). The third-order valence-corrected chi connectivity index (χ3v) is 8.26. The van der Waals surface area contributed by atoms with Gasteiger partial charge < -0.3 is 15.0 Å². The van der Waals surface area contributed by atoms with Crippen molar-refractivity contribution in [2.75, 3.05) is 30.4 Å². The molecule has 1 N–H and O–H groups in total. The summed E-state index contributed by atoms with van der Waals surface area (Å²) in [5.74, 6) is 1.63. The summed E-state index contributed by atoms with van der Waals surface area (Å²) >= 11 is 0. The van der Waals surface area contributed by atoms with Gasteiger partial charge in [0, 0.05) is 36.9 Å². The van der Waals surface area contributed by atoms with Crippen LogP contribution in [0.5, 0.6) is 5.75 Å². The lowest BCUT2D eigenvalue weighted by atomic mass is 9.78.